The SMILES string of the molecule is COC=O.Cl.NC1CCCNC1. The van der Waals surface area contributed by atoms with Gasteiger partial charge in [-0.15, -0.1) is 12.4 Å². The van der Waals surface area contributed by atoms with Gasteiger partial charge in [-0.1, -0.05) is 0 Å². The van der Waals surface area contributed by atoms with Gasteiger partial charge in [0.15, 0.2) is 0 Å². The lowest BCUT2D eigenvalue weighted by Gasteiger charge is -2.17. The average Bonchev–Trinajstić information content (AvgIpc) is 2.07. The van der Waals surface area contributed by atoms with Crippen LogP contribution in [0, 0.1) is 0 Å². The Bertz CT molecular complexity index is 97.4. The van der Waals surface area contributed by atoms with Gasteiger partial charge < -0.3 is 15.8 Å². The third-order valence-electron chi connectivity index (χ3n) is 1.43. The number of ether oxygens (including phenoxy) is 1. The van der Waals surface area contributed by atoms with Crippen LogP contribution in [-0.4, -0.2) is 32.7 Å². The molecule has 0 aromatic heterocycles. The van der Waals surface area contributed by atoms with Gasteiger partial charge in [-0.2, -0.15) is 0 Å². The average molecular weight is 197 g/mol. The van der Waals surface area contributed by atoms with Crippen LogP contribution < -0.4 is 11.1 Å². The molecule has 0 aromatic rings. The molecule has 1 unspecified atom stereocenters. The Morgan fingerprint density at radius 1 is 1.67 bits per heavy atom. The Morgan fingerprint density at radius 2 is 2.25 bits per heavy atom. The number of rotatable bonds is 1. The van der Waals surface area contributed by atoms with E-state index in [4.69, 9.17) is 10.5 Å². The number of nitrogens with one attached hydrogen (secondary N) is 1. The summed E-state index contributed by atoms with van der Waals surface area (Å²) >= 11 is 0. The number of carbonyl (C=O) groups excluding carboxylic acids is 1. The molecule has 1 saturated heterocycles. The zero-order valence-corrected chi connectivity index (χ0v) is 8.10. The van der Waals surface area contributed by atoms with E-state index in [1.165, 1.54) is 20.0 Å². The third-order valence-corrected chi connectivity index (χ3v) is 1.43. The lowest BCUT2D eigenvalue weighted by atomic mass is 10.1. The minimum absolute atomic E-state index is 0. The van der Waals surface area contributed by atoms with Gasteiger partial charge in [0.25, 0.3) is 6.47 Å². The molecule has 1 rings (SSSR count). The highest BCUT2D eigenvalue weighted by Crippen LogP contribution is 1.96. The fourth-order valence-corrected chi connectivity index (χ4v) is 0.879. The summed E-state index contributed by atoms with van der Waals surface area (Å²) in [5.41, 5.74) is 5.57. The Kier molecular flexibility index (Phi) is 12.7. The summed E-state index contributed by atoms with van der Waals surface area (Å²) in [7, 11) is 1.31. The van der Waals surface area contributed by atoms with Crippen LogP contribution in [0.15, 0.2) is 0 Å². The first-order valence-corrected chi connectivity index (χ1v) is 3.74. The van der Waals surface area contributed by atoms with Crippen LogP contribution in [0.5, 0.6) is 0 Å². The van der Waals surface area contributed by atoms with E-state index >= 15 is 0 Å². The summed E-state index contributed by atoms with van der Waals surface area (Å²) in [6.45, 7) is 2.55. The maximum atomic E-state index is 8.95. The minimum atomic E-state index is 0. The van der Waals surface area contributed by atoms with Crippen LogP contribution in [0.25, 0.3) is 0 Å². The molecule has 3 N–H and O–H groups in total. The number of carbonyl (C=O) groups is 1. The molecule has 1 atom stereocenters. The maximum absolute atomic E-state index is 8.95. The molecule has 1 aliphatic rings. The van der Waals surface area contributed by atoms with Gasteiger partial charge in [0.1, 0.15) is 0 Å². The molecule has 1 aliphatic heterocycles. The lowest BCUT2D eigenvalue weighted by molar-refractivity contribution is -0.126. The summed E-state index contributed by atoms with van der Waals surface area (Å²) < 4.78 is 3.86. The van der Waals surface area contributed by atoms with E-state index < -0.39 is 0 Å². The molecule has 12 heavy (non-hydrogen) atoms. The first-order valence-electron chi connectivity index (χ1n) is 3.74. The van der Waals surface area contributed by atoms with Gasteiger partial charge in [-0.3, -0.25) is 4.79 Å². The second-order valence-corrected chi connectivity index (χ2v) is 2.44. The topological polar surface area (TPSA) is 64.3 Å². The number of halogens is 1. The van der Waals surface area contributed by atoms with Gasteiger partial charge >= 0.3 is 0 Å². The van der Waals surface area contributed by atoms with Gasteiger partial charge in [0.05, 0.1) is 7.11 Å². The lowest BCUT2D eigenvalue weighted by Crippen LogP contribution is -2.39. The highest BCUT2D eigenvalue weighted by Gasteiger charge is 2.05. The zero-order chi connectivity index (χ0) is 8.53. The second-order valence-electron chi connectivity index (χ2n) is 2.44. The van der Waals surface area contributed by atoms with Crippen LogP contribution in [0.3, 0.4) is 0 Å². The van der Waals surface area contributed by atoms with E-state index in [-0.39, 0.29) is 12.4 Å². The molecular weight excluding hydrogens is 180 g/mol. The quantitative estimate of drug-likeness (QED) is 0.576. The van der Waals surface area contributed by atoms with Gasteiger partial charge in [-0.25, -0.2) is 0 Å². The largest absolute Gasteiger partial charge is 0.471 e. The van der Waals surface area contributed by atoms with Crippen LogP contribution in [0.4, 0.5) is 0 Å². The van der Waals surface area contributed by atoms with Crippen molar-refractivity contribution in [1.29, 1.82) is 0 Å². The highest BCUT2D eigenvalue weighted by atomic mass is 35.5. The van der Waals surface area contributed by atoms with Crippen molar-refractivity contribution >= 4 is 18.9 Å². The first-order chi connectivity index (χ1) is 5.31. The smallest absolute Gasteiger partial charge is 0.292 e. The second kappa shape index (κ2) is 10.7. The number of hydrogen-bond donors (Lipinski definition) is 2. The van der Waals surface area contributed by atoms with Crippen LogP contribution in [0.2, 0.25) is 0 Å². The van der Waals surface area contributed by atoms with E-state index in [1.807, 2.05) is 0 Å². The predicted molar refractivity (Wildman–Crippen MR) is 50.4 cm³/mol. The molecular formula is C7H17ClN2O2. The van der Waals surface area contributed by atoms with Crippen molar-refractivity contribution in [3.63, 3.8) is 0 Å². The Morgan fingerprint density at radius 3 is 2.42 bits per heavy atom. The van der Waals surface area contributed by atoms with Gasteiger partial charge in [0.2, 0.25) is 0 Å². The summed E-state index contributed by atoms with van der Waals surface area (Å²) in [5, 5.41) is 3.21. The molecule has 5 heteroatoms. The summed E-state index contributed by atoms with van der Waals surface area (Å²) in [6.07, 6.45) is 2.45. The van der Waals surface area contributed by atoms with E-state index in [9.17, 15) is 0 Å². The summed E-state index contributed by atoms with van der Waals surface area (Å²) in [6, 6.07) is 0.425. The molecule has 0 aliphatic carbocycles. The fourth-order valence-electron chi connectivity index (χ4n) is 0.879. The molecule has 0 saturated carbocycles. The van der Waals surface area contributed by atoms with Crippen molar-refractivity contribution < 1.29 is 9.53 Å². The van der Waals surface area contributed by atoms with Crippen molar-refractivity contribution in [1.82, 2.24) is 5.32 Å². The molecule has 0 bridgehead atoms. The van der Waals surface area contributed by atoms with Crippen LogP contribution >= 0.6 is 12.4 Å². The number of piperidine rings is 1. The van der Waals surface area contributed by atoms with Crippen molar-refractivity contribution in [2.24, 2.45) is 5.73 Å². The standard InChI is InChI=1S/C5H12N2.C2H4O2.ClH/c6-5-2-1-3-7-4-5;1-4-2-3;/h5,7H,1-4,6H2;2H,1H3;1H. The summed E-state index contributed by atoms with van der Waals surface area (Å²) in [5.74, 6) is 0. The van der Waals surface area contributed by atoms with E-state index in [0.29, 0.717) is 12.5 Å². The molecule has 0 amide bonds. The normalized spacial score (nSPS) is 21.0. The van der Waals surface area contributed by atoms with Crippen molar-refractivity contribution in [2.45, 2.75) is 18.9 Å². The first kappa shape index (κ1) is 14.2. The molecule has 0 spiro atoms. The maximum Gasteiger partial charge on any atom is 0.292 e. The zero-order valence-electron chi connectivity index (χ0n) is 7.29. The predicted octanol–water partition coefficient (Wildman–Crippen LogP) is -0.0919. The van der Waals surface area contributed by atoms with E-state index in [2.05, 4.69) is 10.1 Å². The van der Waals surface area contributed by atoms with Crippen molar-refractivity contribution in [2.75, 3.05) is 20.2 Å². The molecule has 1 heterocycles. The fraction of sp³-hybridized carbons (Fsp3) is 0.857. The molecule has 74 valence electrons. The molecule has 1 fully saturated rings. The van der Waals surface area contributed by atoms with E-state index in [0.717, 1.165) is 13.1 Å². The third kappa shape index (κ3) is 9.68. The summed E-state index contributed by atoms with van der Waals surface area (Å²) in [4.78, 5) is 8.95. The van der Waals surface area contributed by atoms with Crippen LogP contribution in [-0.2, 0) is 9.53 Å². The van der Waals surface area contributed by atoms with Crippen molar-refractivity contribution in [3.8, 4) is 0 Å². The highest BCUT2D eigenvalue weighted by molar-refractivity contribution is 5.85. The number of methoxy groups -OCH3 is 1. The molecule has 0 aromatic carbocycles. The Labute approximate surface area is 79.2 Å². The monoisotopic (exact) mass is 196 g/mol. The van der Waals surface area contributed by atoms with E-state index in [1.54, 1.807) is 0 Å². The number of hydrogen-bond acceptors (Lipinski definition) is 4. The van der Waals surface area contributed by atoms with Crippen molar-refractivity contribution in [3.05, 3.63) is 0 Å². The Balaban J connectivity index is 0. The Hall–Kier alpha value is -0.320. The number of nitrogens with two attached hydrogens (primary N) is 1. The van der Waals surface area contributed by atoms with Gasteiger partial charge in [0, 0.05) is 12.6 Å². The molecule has 0 radical (unpaired) electrons. The van der Waals surface area contributed by atoms with Crippen LogP contribution in [0.1, 0.15) is 12.8 Å². The minimum Gasteiger partial charge on any atom is -0.471 e. The molecule has 4 nitrogen and oxygen atoms in total. The van der Waals surface area contributed by atoms with Gasteiger partial charge in [-0.05, 0) is 19.4 Å².